The molecule has 0 amide bonds. The number of hydrogen-bond donors (Lipinski definition) is 1. The van der Waals surface area contributed by atoms with Gasteiger partial charge in [0.05, 0.1) is 19.2 Å². The third kappa shape index (κ3) is 2.58. The molecule has 0 aliphatic rings. The number of nitrogens with zero attached hydrogens (tertiary/aromatic N) is 2. The summed E-state index contributed by atoms with van der Waals surface area (Å²) in [4.78, 5) is 4.31. The largest absolute Gasteiger partial charge is 0.496 e. The molecule has 20 heavy (non-hydrogen) atoms. The van der Waals surface area contributed by atoms with Crippen LogP contribution in [0.15, 0.2) is 15.1 Å². The second-order valence-electron chi connectivity index (χ2n) is 4.85. The number of benzene rings is 1. The lowest BCUT2D eigenvalue weighted by atomic mass is 9.95. The highest BCUT2D eigenvalue weighted by Gasteiger charge is 2.22. The quantitative estimate of drug-likeness (QED) is 0.923. The minimum absolute atomic E-state index is 0.222. The summed E-state index contributed by atoms with van der Waals surface area (Å²) in [5.41, 5.74) is 8.47. The molecule has 1 aromatic carbocycles. The Hall–Kier alpha value is -1.40. The smallest absolute Gasteiger partial charge is 0.240 e. The average Bonchev–Trinajstić information content (AvgIpc) is 2.89. The molecule has 0 unspecified atom stereocenters. The zero-order chi connectivity index (χ0) is 14.9. The van der Waals surface area contributed by atoms with Crippen LogP contribution in [0.3, 0.4) is 0 Å². The van der Waals surface area contributed by atoms with Gasteiger partial charge in [0, 0.05) is 4.47 Å². The van der Waals surface area contributed by atoms with Gasteiger partial charge in [-0.3, -0.25) is 0 Å². The third-order valence-electron chi connectivity index (χ3n) is 3.20. The zero-order valence-corrected chi connectivity index (χ0v) is 13.6. The molecule has 0 fully saturated rings. The maximum atomic E-state index is 5.60. The lowest BCUT2D eigenvalue weighted by molar-refractivity contribution is 0.379. The predicted octanol–water partition coefficient (Wildman–Crippen LogP) is 3.40. The highest BCUT2D eigenvalue weighted by atomic mass is 79.9. The number of halogens is 1. The fourth-order valence-corrected chi connectivity index (χ4v) is 2.55. The normalized spacial score (nSPS) is 11.2. The molecule has 2 N–H and O–H groups in total. The summed E-state index contributed by atoms with van der Waals surface area (Å²) in [6.07, 6.45) is 0. The van der Waals surface area contributed by atoms with Crippen LogP contribution in [0.1, 0.15) is 36.8 Å². The standard InChI is InChI=1S/C14H18BrN3O2/c1-7(2)9-5-10(15)8(3)12(13(9)19-4)14-17-11(6-16)20-18-14/h5,7H,6,16H2,1-4H3. The average molecular weight is 340 g/mol. The van der Waals surface area contributed by atoms with Crippen molar-refractivity contribution in [1.82, 2.24) is 10.1 Å². The predicted molar refractivity (Wildman–Crippen MR) is 80.7 cm³/mol. The van der Waals surface area contributed by atoms with Crippen LogP contribution in [0.2, 0.25) is 0 Å². The first-order chi connectivity index (χ1) is 9.49. The molecule has 0 saturated carbocycles. The molecule has 1 aromatic heterocycles. The van der Waals surface area contributed by atoms with E-state index in [0.717, 1.165) is 26.9 Å². The first-order valence-electron chi connectivity index (χ1n) is 6.39. The molecule has 0 spiro atoms. The van der Waals surface area contributed by atoms with Gasteiger partial charge in [-0.15, -0.1) is 0 Å². The monoisotopic (exact) mass is 339 g/mol. The number of hydrogen-bond acceptors (Lipinski definition) is 5. The van der Waals surface area contributed by atoms with Crippen LogP contribution < -0.4 is 10.5 Å². The van der Waals surface area contributed by atoms with E-state index in [1.807, 2.05) is 6.92 Å². The van der Waals surface area contributed by atoms with Crippen LogP contribution in [0, 0.1) is 6.92 Å². The maximum Gasteiger partial charge on any atom is 0.240 e. The molecule has 0 atom stereocenters. The van der Waals surface area contributed by atoms with Crippen molar-refractivity contribution in [3.63, 3.8) is 0 Å². The lowest BCUT2D eigenvalue weighted by Crippen LogP contribution is -2.01. The number of nitrogens with two attached hydrogens (primary N) is 1. The van der Waals surface area contributed by atoms with Crippen molar-refractivity contribution in [2.75, 3.05) is 7.11 Å². The Labute approximate surface area is 126 Å². The van der Waals surface area contributed by atoms with E-state index in [4.69, 9.17) is 15.0 Å². The van der Waals surface area contributed by atoms with Crippen LogP contribution in [0.5, 0.6) is 5.75 Å². The summed E-state index contributed by atoms with van der Waals surface area (Å²) >= 11 is 3.58. The van der Waals surface area contributed by atoms with Gasteiger partial charge in [0.1, 0.15) is 5.75 Å². The van der Waals surface area contributed by atoms with E-state index in [-0.39, 0.29) is 6.54 Å². The number of rotatable bonds is 4. The lowest BCUT2D eigenvalue weighted by Gasteiger charge is -2.17. The molecule has 5 nitrogen and oxygen atoms in total. The minimum atomic E-state index is 0.222. The molecular weight excluding hydrogens is 322 g/mol. The van der Waals surface area contributed by atoms with Gasteiger partial charge < -0.3 is 15.0 Å². The van der Waals surface area contributed by atoms with Crippen LogP contribution in [-0.2, 0) is 6.54 Å². The number of aromatic nitrogens is 2. The van der Waals surface area contributed by atoms with Crippen LogP contribution in [0.25, 0.3) is 11.4 Å². The summed E-state index contributed by atoms with van der Waals surface area (Å²) in [6, 6.07) is 2.08. The summed E-state index contributed by atoms with van der Waals surface area (Å²) < 4.78 is 11.7. The van der Waals surface area contributed by atoms with Gasteiger partial charge in [-0.2, -0.15) is 4.98 Å². The van der Waals surface area contributed by atoms with Gasteiger partial charge in [-0.1, -0.05) is 34.9 Å². The van der Waals surface area contributed by atoms with Crippen LogP contribution in [0.4, 0.5) is 0 Å². The van der Waals surface area contributed by atoms with Crippen molar-refractivity contribution >= 4 is 15.9 Å². The van der Waals surface area contributed by atoms with Gasteiger partial charge in [-0.25, -0.2) is 0 Å². The van der Waals surface area contributed by atoms with Crippen LogP contribution in [-0.4, -0.2) is 17.3 Å². The maximum absolute atomic E-state index is 5.60. The van der Waals surface area contributed by atoms with E-state index in [0.29, 0.717) is 17.6 Å². The molecule has 2 aromatic rings. The highest BCUT2D eigenvalue weighted by molar-refractivity contribution is 9.10. The Balaban J connectivity index is 2.72. The van der Waals surface area contributed by atoms with E-state index < -0.39 is 0 Å². The molecule has 0 aliphatic heterocycles. The van der Waals surface area contributed by atoms with Crippen molar-refractivity contribution in [3.05, 3.63) is 27.6 Å². The first kappa shape index (κ1) is 15.0. The summed E-state index contributed by atoms with van der Waals surface area (Å²) in [5.74, 6) is 2.02. The number of ether oxygens (including phenoxy) is 1. The Kier molecular flexibility index (Phi) is 4.45. The fraction of sp³-hybridized carbons (Fsp3) is 0.429. The Morgan fingerprint density at radius 3 is 2.65 bits per heavy atom. The third-order valence-corrected chi connectivity index (χ3v) is 4.02. The van der Waals surface area contributed by atoms with Gasteiger partial charge in [0.15, 0.2) is 0 Å². The second kappa shape index (κ2) is 5.93. The van der Waals surface area contributed by atoms with E-state index in [1.54, 1.807) is 7.11 Å². The molecular formula is C14H18BrN3O2. The van der Waals surface area contributed by atoms with Crippen molar-refractivity contribution in [1.29, 1.82) is 0 Å². The molecule has 6 heteroatoms. The fourth-order valence-electron chi connectivity index (χ4n) is 2.10. The topological polar surface area (TPSA) is 74.2 Å². The molecule has 108 valence electrons. The highest BCUT2D eigenvalue weighted by Crippen LogP contribution is 2.41. The van der Waals surface area contributed by atoms with Crippen molar-refractivity contribution < 1.29 is 9.26 Å². The van der Waals surface area contributed by atoms with E-state index in [9.17, 15) is 0 Å². The SMILES string of the molecule is COc1c(C(C)C)cc(Br)c(C)c1-c1noc(CN)n1. The van der Waals surface area contributed by atoms with Gasteiger partial charge in [0.25, 0.3) is 0 Å². The van der Waals surface area contributed by atoms with Gasteiger partial charge >= 0.3 is 0 Å². The summed E-state index contributed by atoms with van der Waals surface area (Å²) in [6.45, 7) is 6.44. The molecule has 0 saturated heterocycles. The van der Waals surface area contributed by atoms with Crippen molar-refractivity contribution in [3.8, 4) is 17.1 Å². The van der Waals surface area contributed by atoms with Gasteiger partial charge in [0.2, 0.25) is 11.7 Å². The first-order valence-corrected chi connectivity index (χ1v) is 7.18. The van der Waals surface area contributed by atoms with E-state index in [1.165, 1.54) is 0 Å². The Morgan fingerprint density at radius 1 is 1.45 bits per heavy atom. The number of methoxy groups -OCH3 is 1. The molecule has 0 aliphatic carbocycles. The molecule has 2 rings (SSSR count). The Morgan fingerprint density at radius 2 is 2.15 bits per heavy atom. The van der Waals surface area contributed by atoms with E-state index >= 15 is 0 Å². The molecule has 1 heterocycles. The molecule has 0 bridgehead atoms. The van der Waals surface area contributed by atoms with E-state index in [2.05, 4.69) is 46.0 Å². The van der Waals surface area contributed by atoms with Crippen LogP contribution >= 0.6 is 15.9 Å². The van der Waals surface area contributed by atoms with Crippen molar-refractivity contribution in [2.45, 2.75) is 33.2 Å². The summed E-state index contributed by atoms with van der Waals surface area (Å²) in [5, 5.41) is 4.00. The zero-order valence-electron chi connectivity index (χ0n) is 12.0. The minimum Gasteiger partial charge on any atom is -0.496 e. The van der Waals surface area contributed by atoms with Crippen molar-refractivity contribution in [2.24, 2.45) is 5.73 Å². The second-order valence-corrected chi connectivity index (χ2v) is 5.71. The summed E-state index contributed by atoms with van der Waals surface area (Å²) in [7, 11) is 1.65. The van der Waals surface area contributed by atoms with Gasteiger partial charge in [-0.05, 0) is 30.0 Å². The molecule has 0 radical (unpaired) electrons. The Bertz CT molecular complexity index is 623.